The first-order valence-electron chi connectivity index (χ1n) is 8.37. The van der Waals surface area contributed by atoms with Crippen molar-refractivity contribution in [3.63, 3.8) is 0 Å². The van der Waals surface area contributed by atoms with E-state index in [1.54, 1.807) is 0 Å². The van der Waals surface area contributed by atoms with Crippen molar-refractivity contribution in [3.8, 4) is 0 Å². The van der Waals surface area contributed by atoms with Gasteiger partial charge in [0, 0.05) is 5.49 Å². The summed E-state index contributed by atoms with van der Waals surface area (Å²) in [4.78, 5) is 14.8. The molecule has 2 aromatic rings. The van der Waals surface area contributed by atoms with Crippen molar-refractivity contribution in [2.45, 2.75) is 26.4 Å². The Morgan fingerprint density at radius 2 is 1.54 bits per heavy atom. The van der Waals surface area contributed by atoms with Crippen molar-refractivity contribution in [2.75, 3.05) is 12.0 Å². The molecule has 2 rings (SSSR count). The molecular formula is C20H25NO3PS+. The number of rotatable bonds is 6. The number of thioether (sulfide) groups is 1. The summed E-state index contributed by atoms with van der Waals surface area (Å²) in [5, 5.41) is 12.1. The lowest BCUT2D eigenvalue weighted by Crippen LogP contribution is -2.76. The van der Waals surface area contributed by atoms with Crippen LogP contribution >= 0.6 is 19.7 Å². The molecule has 0 saturated heterocycles. The molecule has 0 aliphatic rings. The Morgan fingerprint density at radius 3 is 2.00 bits per heavy atom. The number of nitrogens with one attached hydrogen (secondary N) is 1. The van der Waals surface area contributed by atoms with E-state index in [4.69, 9.17) is 4.74 Å². The first-order valence-corrected chi connectivity index (χ1v) is 10.9. The van der Waals surface area contributed by atoms with Crippen LogP contribution in [0, 0.1) is 0 Å². The molecule has 6 heteroatoms. The van der Waals surface area contributed by atoms with Gasteiger partial charge in [0.15, 0.2) is 0 Å². The second kappa shape index (κ2) is 9.75. The van der Waals surface area contributed by atoms with Crippen LogP contribution in [-0.4, -0.2) is 33.9 Å². The third-order valence-corrected chi connectivity index (χ3v) is 7.14. The quantitative estimate of drug-likeness (QED) is 0.451. The fourth-order valence-electron chi connectivity index (χ4n) is 2.18. The van der Waals surface area contributed by atoms with Gasteiger partial charge in [0.1, 0.15) is 5.60 Å². The molecule has 26 heavy (non-hydrogen) atoms. The van der Waals surface area contributed by atoms with Gasteiger partial charge in [-0.25, -0.2) is 0 Å². The zero-order valence-corrected chi connectivity index (χ0v) is 17.0. The largest absolute Gasteiger partial charge is 0.545 e. The lowest BCUT2D eigenvalue weighted by Gasteiger charge is -2.17. The van der Waals surface area contributed by atoms with Crippen LogP contribution in [0.2, 0.25) is 0 Å². The second-order valence-corrected chi connectivity index (χ2v) is 10.3. The van der Waals surface area contributed by atoms with Crippen molar-refractivity contribution in [1.29, 1.82) is 0 Å². The second-order valence-electron chi connectivity index (χ2n) is 6.62. The highest BCUT2D eigenvalue weighted by atomic mass is 32.2. The van der Waals surface area contributed by atoms with E-state index < -0.39 is 13.5 Å². The van der Waals surface area contributed by atoms with Crippen LogP contribution < -0.4 is 15.6 Å². The monoisotopic (exact) mass is 390 g/mol. The molecule has 0 aliphatic carbocycles. The highest BCUT2D eigenvalue weighted by molar-refractivity contribution is 8.18. The molecule has 138 valence electrons. The Labute approximate surface area is 160 Å². The first-order chi connectivity index (χ1) is 12.3. The molecular weight excluding hydrogens is 365 g/mol. The minimum absolute atomic E-state index is 0.0271. The Bertz CT molecular complexity index is 690. The number of aliphatic hydroxyl groups excluding tert-OH is 1. The van der Waals surface area contributed by atoms with Gasteiger partial charge in [-0.3, -0.25) is 4.79 Å². The molecule has 2 N–H and O–H groups in total. The molecule has 0 unspecified atom stereocenters. The number of hydrogen-bond acceptors (Lipinski definition) is 3. The van der Waals surface area contributed by atoms with E-state index >= 15 is 0 Å². The van der Waals surface area contributed by atoms with E-state index in [-0.39, 0.29) is 17.7 Å². The molecule has 0 aliphatic heterocycles. The van der Waals surface area contributed by atoms with Crippen molar-refractivity contribution in [3.05, 3.63) is 60.7 Å². The van der Waals surface area contributed by atoms with E-state index in [0.717, 1.165) is 0 Å². The average molecular weight is 390 g/mol. The maximum atomic E-state index is 12.2. The third kappa shape index (κ3) is 7.19. The van der Waals surface area contributed by atoms with Crippen LogP contribution in [0.25, 0.3) is 0 Å². The minimum Gasteiger partial charge on any atom is -0.430 e. The predicted octanol–water partition coefficient (Wildman–Crippen LogP) is 2.15. The summed E-state index contributed by atoms with van der Waals surface area (Å²) in [5.41, 5.74) is 0.187. The van der Waals surface area contributed by atoms with E-state index in [1.165, 1.54) is 22.4 Å². The number of aliphatic hydroxyl groups is 1. The number of ether oxygens (including phenoxy) is 1. The lowest BCUT2D eigenvalue weighted by molar-refractivity contribution is -0.466. The van der Waals surface area contributed by atoms with Crippen LogP contribution in [0.15, 0.2) is 60.7 Å². The van der Waals surface area contributed by atoms with Gasteiger partial charge in [0.05, 0.1) is 0 Å². The highest BCUT2D eigenvalue weighted by Crippen LogP contribution is 2.37. The molecule has 0 bridgehead atoms. The summed E-state index contributed by atoms with van der Waals surface area (Å²) in [6, 6.07) is 20.5. The molecule has 0 aromatic heterocycles. The number of carbonyl (C=O) groups is 1. The summed E-state index contributed by atoms with van der Waals surface area (Å²) < 4.78 is 5.26. The minimum atomic E-state index is -0.618. The molecule has 0 radical (unpaired) electrons. The van der Waals surface area contributed by atoms with E-state index in [0.29, 0.717) is 5.49 Å². The van der Waals surface area contributed by atoms with Gasteiger partial charge in [0.2, 0.25) is 6.54 Å². The summed E-state index contributed by atoms with van der Waals surface area (Å²) in [5.74, 6) is 0. The summed E-state index contributed by atoms with van der Waals surface area (Å²) >= 11 is 1.28. The molecule has 4 nitrogen and oxygen atoms in total. The molecule has 0 saturated carbocycles. The fraction of sp³-hybridized carbons (Fsp3) is 0.300. The van der Waals surface area contributed by atoms with Crippen LogP contribution in [0.5, 0.6) is 0 Å². The predicted molar refractivity (Wildman–Crippen MR) is 111 cm³/mol. The van der Waals surface area contributed by atoms with Gasteiger partial charge in [-0.1, -0.05) is 72.4 Å². The Morgan fingerprint density at radius 1 is 1.04 bits per heavy atom. The fourth-order valence-corrected chi connectivity index (χ4v) is 6.00. The number of hydrogen-bond donors (Lipinski definition) is 2. The topological polar surface area (TPSA) is 60.5 Å². The van der Waals surface area contributed by atoms with E-state index in [1.807, 2.05) is 57.2 Å². The van der Waals surface area contributed by atoms with Gasteiger partial charge in [0.25, 0.3) is 5.12 Å². The van der Waals surface area contributed by atoms with Crippen LogP contribution in [0.1, 0.15) is 20.8 Å². The highest BCUT2D eigenvalue weighted by Gasteiger charge is 2.20. The average Bonchev–Trinajstić information content (AvgIpc) is 2.60. The SMILES string of the molecule is CC(C)(C)OC(O)=[NH+]CC(=O)SCP(c1ccccc1)c1ccccc1. The molecule has 0 spiro atoms. The summed E-state index contributed by atoms with van der Waals surface area (Å²) in [6.07, 6.45) is -0.320. The molecule has 2 aromatic carbocycles. The summed E-state index contributed by atoms with van der Waals surface area (Å²) in [6.45, 7) is 5.51. The number of carbonyl (C=O) groups excluding carboxylic acids is 1. The maximum Gasteiger partial charge on any atom is 0.545 e. The Hall–Kier alpha value is -1.84. The van der Waals surface area contributed by atoms with Crippen LogP contribution in [0.3, 0.4) is 0 Å². The van der Waals surface area contributed by atoms with Gasteiger partial charge < -0.3 is 9.84 Å². The standard InChI is InChI=1S/C20H24NO3PS/c1-20(2,3)24-19(23)21-14-18(22)26-15-25(16-10-6-4-7-11-16)17-12-8-5-9-13-17/h4-13H,14-15H2,1-3H3,(H,21,23)/p+1. The maximum absolute atomic E-state index is 12.2. The molecule has 0 atom stereocenters. The smallest absolute Gasteiger partial charge is 0.430 e. The molecule has 0 amide bonds. The first kappa shape index (κ1) is 20.5. The van der Waals surface area contributed by atoms with Gasteiger partial charge >= 0.3 is 6.08 Å². The van der Waals surface area contributed by atoms with Gasteiger partial charge in [-0.05, 0) is 39.3 Å². The number of benzene rings is 2. The Balaban J connectivity index is 1.99. The van der Waals surface area contributed by atoms with Crippen molar-refractivity contribution >= 4 is 41.5 Å². The van der Waals surface area contributed by atoms with Crippen LogP contribution in [-0.2, 0) is 9.53 Å². The van der Waals surface area contributed by atoms with Crippen molar-refractivity contribution in [2.24, 2.45) is 0 Å². The normalized spacial score (nSPS) is 12.2. The molecule has 0 heterocycles. The summed E-state index contributed by atoms with van der Waals surface area (Å²) in [7, 11) is -0.618. The Kier molecular flexibility index (Phi) is 7.67. The third-order valence-electron chi connectivity index (χ3n) is 3.28. The lowest BCUT2D eigenvalue weighted by atomic mass is 10.2. The zero-order valence-electron chi connectivity index (χ0n) is 15.3. The van der Waals surface area contributed by atoms with Gasteiger partial charge in [-0.15, -0.1) is 0 Å². The van der Waals surface area contributed by atoms with Gasteiger partial charge in [-0.2, -0.15) is 4.99 Å². The van der Waals surface area contributed by atoms with E-state index in [9.17, 15) is 9.90 Å². The zero-order chi connectivity index (χ0) is 19.0. The van der Waals surface area contributed by atoms with E-state index in [2.05, 4.69) is 29.3 Å². The molecule has 0 fully saturated rings. The van der Waals surface area contributed by atoms with Crippen molar-refractivity contribution in [1.82, 2.24) is 0 Å². The van der Waals surface area contributed by atoms with Crippen molar-refractivity contribution < 1.29 is 19.6 Å². The van der Waals surface area contributed by atoms with Crippen LogP contribution in [0.4, 0.5) is 0 Å².